The fourth-order valence-electron chi connectivity index (χ4n) is 0.684. The molecule has 0 spiro atoms. The lowest BCUT2D eigenvalue weighted by molar-refractivity contribution is -0.116. The molecule has 0 saturated carbocycles. The molecule has 0 fully saturated rings. The molecule has 2 amide bonds. The predicted octanol–water partition coefficient (Wildman–Crippen LogP) is 1.22. The van der Waals surface area contributed by atoms with Gasteiger partial charge >= 0.3 is 0 Å². The number of amides is 2. The highest BCUT2D eigenvalue weighted by atomic mass is 32.9. The van der Waals surface area contributed by atoms with Crippen LogP contribution in [0, 0.1) is 0 Å². The molecule has 0 saturated heterocycles. The zero-order chi connectivity index (χ0) is 9.84. The molecule has 0 aliphatic rings. The Morgan fingerprint density at radius 3 is 2.62 bits per heavy atom. The number of anilines is 1. The van der Waals surface area contributed by atoms with Gasteiger partial charge in [-0.1, -0.05) is 20.7 Å². The van der Waals surface area contributed by atoms with E-state index in [1.165, 1.54) is 34.5 Å². The van der Waals surface area contributed by atoms with Crippen molar-refractivity contribution in [1.82, 2.24) is 0 Å². The van der Waals surface area contributed by atoms with E-state index in [1.54, 1.807) is 6.07 Å². The zero-order valence-corrected chi connectivity index (χ0v) is 8.79. The highest BCUT2D eigenvalue weighted by molar-refractivity contribution is 7.70. The number of nitrogens with one attached hydrogen (secondary N) is 1. The Morgan fingerprint density at radius 2 is 2.08 bits per heavy atom. The molecular weight excluding hydrogens is 208 g/mol. The van der Waals surface area contributed by atoms with E-state index in [4.69, 9.17) is 0 Å². The molecule has 4 nitrogen and oxygen atoms in total. The molecule has 1 aromatic rings. The number of carbonyl (C=O) groups excluding carboxylic acids is 2. The van der Waals surface area contributed by atoms with Crippen LogP contribution in [-0.2, 0) is 9.59 Å². The van der Waals surface area contributed by atoms with Gasteiger partial charge in [-0.3, -0.25) is 9.59 Å². The Balaban J connectivity index is 2.86. The van der Waals surface area contributed by atoms with Crippen molar-refractivity contribution in [3.05, 3.63) is 10.7 Å². The van der Waals surface area contributed by atoms with Gasteiger partial charge in [0.1, 0.15) is 9.67 Å². The van der Waals surface area contributed by atoms with Crippen molar-refractivity contribution in [2.45, 2.75) is 13.8 Å². The van der Waals surface area contributed by atoms with Crippen LogP contribution in [0.15, 0.2) is 11.1 Å². The first-order valence-electron chi connectivity index (χ1n) is 3.51. The molecule has 1 aromatic heterocycles. The zero-order valence-electron chi connectivity index (χ0n) is 7.16. The Kier molecular flexibility index (Phi) is 3.32. The van der Waals surface area contributed by atoms with Crippen molar-refractivity contribution in [2.75, 3.05) is 5.32 Å². The summed E-state index contributed by atoms with van der Waals surface area (Å²) in [4.78, 5) is 25.0. The SMILES string of the molecule is CC(=O)N=c1cc(NC(C)=O)ss1. The van der Waals surface area contributed by atoms with Crippen molar-refractivity contribution < 1.29 is 9.59 Å². The van der Waals surface area contributed by atoms with Gasteiger partial charge in [-0.25, -0.2) is 4.99 Å². The smallest absolute Gasteiger partial charge is 0.243 e. The third kappa shape index (κ3) is 3.47. The first-order valence-corrected chi connectivity index (χ1v) is 5.66. The molecule has 1 rings (SSSR count). The number of hydrogen-bond acceptors (Lipinski definition) is 4. The monoisotopic (exact) mass is 216 g/mol. The lowest BCUT2D eigenvalue weighted by atomic mass is 10.6. The van der Waals surface area contributed by atoms with E-state index >= 15 is 0 Å². The lowest BCUT2D eigenvalue weighted by Crippen LogP contribution is -2.05. The molecule has 13 heavy (non-hydrogen) atoms. The summed E-state index contributed by atoms with van der Waals surface area (Å²) in [5.74, 6) is -0.355. The fourth-order valence-corrected chi connectivity index (χ4v) is 2.66. The minimum absolute atomic E-state index is 0.122. The van der Waals surface area contributed by atoms with E-state index in [-0.39, 0.29) is 11.8 Å². The van der Waals surface area contributed by atoms with Crippen LogP contribution in [0.25, 0.3) is 0 Å². The standard InChI is InChI=1S/C7H8N2O2S2/c1-4(10)8-6-3-7(13-12-6)9-5(2)11/h3H,1-2H3,(H,8,10). The Labute approximate surface area is 82.3 Å². The van der Waals surface area contributed by atoms with Crippen molar-refractivity contribution in [2.24, 2.45) is 4.99 Å². The summed E-state index contributed by atoms with van der Waals surface area (Å²) in [6, 6.07) is 1.68. The quantitative estimate of drug-likeness (QED) is 0.717. The summed E-state index contributed by atoms with van der Waals surface area (Å²) < 4.78 is 0.626. The van der Waals surface area contributed by atoms with E-state index in [1.807, 2.05) is 0 Å². The molecule has 0 aliphatic carbocycles. The van der Waals surface area contributed by atoms with Crippen molar-refractivity contribution in [3.63, 3.8) is 0 Å². The summed E-state index contributed by atoms with van der Waals surface area (Å²) in [5.41, 5.74) is 0. The van der Waals surface area contributed by atoms with Gasteiger partial charge in [0, 0.05) is 19.9 Å². The van der Waals surface area contributed by atoms with E-state index < -0.39 is 0 Å². The second kappa shape index (κ2) is 4.29. The normalized spacial score (nSPS) is 11.4. The second-order valence-corrected chi connectivity index (χ2v) is 4.52. The van der Waals surface area contributed by atoms with Gasteiger partial charge in [0.25, 0.3) is 0 Å². The van der Waals surface area contributed by atoms with Crippen molar-refractivity contribution in [3.8, 4) is 0 Å². The average molecular weight is 216 g/mol. The number of rotatable bonds is 1. The molecule has 70 valence electrons. The molecule has 0 aromatic carbocycles. The summed E-state index contributed by atoms with van der Waals surface area (Å²) in [7, 11) is 2.74. The minimum atomic E-state index is -0.233. The number of hydrogen-bond donors (Lipinski definition) is 1. The average Bonchev–Trinajstić information content (AvgIpc) is 2.33. The van der Waals surface area contributed by atoms with Gasteiger partial charge in [-0.2, -0.15) is 0 Å². The Bertz CT molecular complexity index is 391. The van der Waals surface area contributed by atoms with E-state index in [9.17, 15) is 9.59 Å². The summed E-state index contributed by atoms with van der Waals surface area (Å²) >= 11 is 0. The molecule has 1 heterocycles. The first kappa shape index (κ1) is 10.1. The summed E-state index contributed by atoms with van der Waals surface area (Å²) in [5, 5.41) is 3.34. The fraction of sp³-hybridized carbons (Fsp3) is 0.286. The number of carbonyl (C=O) groups is 2. The maximum atomic E-state index is 10.6. The Morgan fingerprint density at radius 1 is 1.38 bits per heavy atom. The third-order valence-corrected chi connectivity index (χ3v) is 3.20. The molecule has 1 N–H and O–H groups in total. The van der Waals surface area contributed by atoms with E-state index in [2.05, 4.69) is 10.3 Å². The molecule has 6 heteroatoms. The lowest BCUT2D eigenvalue weighted by Gasteiger charge is -1.91. The predicted molar refractivity (Wildman–Crippen MR) is 52.7 cm³/mol. The maximum absolute atomic E-state index is 10.6. The summed E-state index contributed by atoms with van der Waals surface area (Å²) in [6.07, 6.45) is 0. The highest BCUT2D eigenvalue weighted by Gasteiger charge is 1.98. The largest absolute Gasteiger partial charge is 0.317 e. The Hall–Kier alpha value is -1.01. The molecule has 0 unspecified atom stereocenters. The van der Waals surface area contributed by atoms with Crippen LogP contribution in [0.1, 0.15) is 13.8 Å². The molecule has 0 atom stereocenters. The maximum Gasteiger partial charge on any atom is 0.243 e. The first-order chi connectivity index (χ1) is 6.08. The van der Waals surface area contributed by atoms with Gasteiger partial charge in [0.2, 0.25) is 11.8 Å². The van der Waals surface area contributed by atoms with Gasteiger partial charge in [0.15, 0.2) is 0 Å². The molecule has 0 aliphatic heterocycles. The molecule has 0 bridgehead atoms. The van der Waals surface area contributed by atoms with Crippen LogP contribution in [0.3, 0.4) is 0 Å². The molecular formula is C7H8N2O2S2. The van der Waals surface area contributed by atoms with Crippen molar-refractivity contribution in [1.29, 1.82) is 0 Å². The van der Waals surface area contributed by atoms with Crippen LogP contribution >= 0.6 is 20.7 Å². The minimum Gasteiger partial charge on any atom is -0.317 e. The van der Waals surface area contributed by atoms with Crippen LogP contribution < -0.4 is 9.99 Å². The van der Waals surface area contributed by atoms with Crippen LogP contribution in [0.4, 0.5) is 5.00 Å². The van der Waals surface area contributed by atoms with E-state index in [0.29, 0.717) is 4.67 Å². The van der Waals surface area contributed by atoms with Crippen molar-refractivity contribution >= 4 is 37.5 Å². The van der Waals surface area contributed by atoms with E-state index in [0.717, 1.165) is 5.00 Å². The van der Waals surface area contributed by atoms with Crippen LogP contribution in [0.5, 0.6) is 0 Å². The topological polar surface area (TPSA) is 58.5 Å². The summed E-state index contributed by atoms with van der Waals surface area (Å²) in [6.45, 7) is 2.83. The van der Waals surface area contributed by atoms with Crippen LogP contribution in [-0.4, -0.2) is 11.8 Å². The third-order valence-electron chi connectivity index (χ3n) is 1.04. The van der Waals surface area contributed by atoms with Gasteiger partial charge in [0.05, 0.1) is 0 Å². The molecule has 0 radical (unpaired) electrons. The van der Waals surface area contributed by atoms with Gasteiger partial charge in [-0.15, -0.1) is 0 Å². The highest BCUT2D eigenvalue weighted by Crippen LogP contribution is 2.16. The van der Waals surface area contributed by atoms with Crippen LogP contribution in [0.2, 0.25) is 0 Å². The van der Waals surface area contributed by atoms with Gasteiger partial charge < -0.3 is 5.32 Å². The van der Waals surface area contributed by atoms with Gasteiger partial charge in [-0.05, 0) is 0 Å². The number of nitrogens with zero attached hydrogens (tertiary/aromatic N) is 1. The second-order valence-electron chi connectivity index (χ2n) is 2.33.